The van der Waals surface area contributed by atoms with Gasteiger partial charge in [-0.05, 0) is 40.4 Å². The molecule has 0 bridgehead atoms. The zero-order chi connectivity index (χ0) is 11.7. The summed E-state index contributed by atoms with van der Waals surface area (Å²) in [6.45, 7) is 4.24. The van der Waals surface area contributed by atoms with Gasteiger partial charge in [-0.1, -0.05) is 19.0 Å². The van der Waals surface area contributed by atoms with Gasteiger partial charge in [0.15, 0.2) is 16.2 Å². The van der Waals surface area contributed by atoms with E-state index in [0.29, 0.717) is 27.9 Å². The van der Waals surface area contributed by atoms with Gasteiger partial charge in [-0.15, -0.1) is 0 Å². The second-order valence-electron chi connectivity index (χ2n) is 4.08. The molecule has 0 radical (unpaired) electrons. The van der Waals surface area contributed by atoms with Crippen LogP contribution in [0.3, 0.4) is 0 Å². The highest BCUT2D eigenvalue weighted by Gasteiger charge is 2.19. The van der Waals surface area contributed by atoms with Crippen molar-refractivity contribution in [2.75, 3.05) is 5.73 Å². The van der Waals surface area contributed by atoms with Crippen molar-refractivity contribution in [3.05, 3.63) is 22.4 Å². The van der Waals surface area contributed by atoms with Gasteiger partial charge in [0.1, 0.15) is 0 Å². The van der Waals surface area contributed by atoms with Crippen LogP contribution >= 0.6 is 15.9 Å². The molecule has 2 heterocycles. The van der Waals surface area contributed by atoms with E-state index >= 15 is 0 Å². The maximum Gasteiger partial charge on any atom is 0.207 e. The van der Waals surface area contributed by atoms with Crippen molar-refractivity contribution in [2.24, 2.45) is 5.92 Å². The number of rotatable bonds is 3. The van der Waals surface area contributed by atoms with E-state index in [1.54, 1.807) is 0 Å². The molecule has 16 heavy (non-hydrogen) atoms. The number of nitrogen functional groups attached to an aromatic ring is 1. The molecule has 86 valence electrons. The molecular formula is C11H13BrN2O2. The van der Waals surface area contributed by atoms with Gasteiger partial charge in [-0.25, -0.2) is 0 Å². The standard InChI is InChI=1S/C11H13BrN2O2/c1-6(2)5-7-10(16-14-11(7)13)8-3-4-9(12)15-8/h3-4,6H,5H2,1-2H3,(H2,13,14). The van der Waals surface area contributed by atoms with Crippen LogP contribution in [0.25, 0.3) is 11.5 Å². The minimum Gasteiger partial charge on any atom is -0.446 e. The third-order valence-corrected chi connectivity index (χ3v) is 2.65. The maximum absolute atomic E-state index is 5.78. The molecule has 5 heteroatoms. The molecule has 2 rings (SSSR count). The summed E-state index contributed by atoms with van der Waals surface area (Å²) in [6, 6.07) is 3.64. The van der Waals surface area contributed by atoms with E-state index in [0.717, 1.165) is 12.0 Å². The molecule has 0 saturated carbocycles. The first kappa shape index (κ1) is 11.3. The lowest BCUT2D eigenvalue weighted by Crippen LogP contribution is -1.98. The fourth-order valence-corrected chi connectivity index (χ4v) is 1.86. The summed E-state index contributed by atoms with van der Waals surface area (Å²) in [5.74, 6) is 2.19. The largest absolute Gasteiger partial charge is 0.446 e. The highest BCUT2D eigenvalue weighted by molar-refractivity contribution is 9.10. The molecule has 0 unspecified atom stereocenters. The van der Waals surface area contributed by atoms with Gasteiger partial charge in [0.2, 0.25) is 5.76 Å². The molecular weight excluding hydrogens is 272 g/mol. The highest BCUT2D eigenvalue weighted by atomic mass is 79.9. The zero-order valence-electron chi connectivity index (χ0n) is 9.16. The van der Waals surface area contributed by atoms with Crippen LogP contribution in [-0.2, 0) is 6.42 Å². The molecule has 0 aliphatic carbocycles. The van der Waals surface area contributed by atoms with Crippen LogP contribution in [0.2, 0.25) is 0 Å². The summed E-state index contributed by atoms with van der Waals surface area (Å²) in [5, 5.41) is 3.78. The quantitative estimate of drug-likeness (QED) is 0.937. The zero-order valence-corrected chi connectivity index (χ0v) is 10.7. The molecule has 4 nitrogen and oxygen atoms in total. The minimum absolute atomic E-state index is 0.441. The summed E-state index contributed by atoms with van der Waals surface area (Å²) in [4.78, 5) is 0. The Morgan fingerprint density at radius 1 is 1.44 bits per heavy atom. The second-order valence-corrected chi connectivity index (χ2v) is 4.86. The Hall–Kier alpha value is -1.23. The van der Waals surface area contributed by atoms with Gasteiger partial charge in [-0.2, -0.15) is 0 Å². The van der Waals surface area contributed by atoms with Crippen LogP contribution < -0.4 is 5.73 Å². The average molecular weight is 285 g/mol. The van der Waals surface area contributed by atoms with E-state index in [1.807, 2.05) is 12.1 Å². The number of aromatic nitrogens is 1. The summed E-state index contributed by atoms with van der Waals surface area (Å²) < 4.78 is 11.3. The Labute approximate surface area is 102 Å². The van der Waals surface area contributed by atoms with Crippen molar-refractivity contribution >= 4 is 21.7 Å². The molecule has 0 fully saturated rings. The van der Waals surface area contributed by atoms with Gasteiger partial charge in [-0.3, -0.25) is 0 Å². The van der Waals surface area contributed by atoms with Crippen molar-refractivity contribution in [3.63, 3.8) is 0 Å². The summed E-state index contributed by atoms with van der Waals surface area (Å²) >= 11 is 3.25. The first-order chi connectivity index (χ1) is 7.58. The molecule has 0 amide bonds. The number of nitrogens with zero attached hydrogens (tertiary/aromatic N) is 1. The molecule has 0 saturated heterocycles. The molecule has 2 N–H and O–H groups in total. The summed E-state index contributed by atoms with van der Waals surface area (Å²) in [6.07, 6.45) is 0.822. The number of anilines is 1. The Bertz CT molecular complexity index is 488. The predicted molar refractivity (Wildman–Crippen MR) is 64.9 cm³/mol. The molecule has 0 aliphatic heterocycles. The van der Waals surface area contributed by atoms with Crippen LogP contribution in [0, 0.1) is 5.92 Å². The first-order valence-corrected chi connectivity index (χ1v) is 5.87. The molecule has 0 spiro atoms. The lowest BCUT2D eigenvalue weighted by atomic mass is 10.0. The monoisotopic (exact) mass is 284 g/mol. The van der Waals surface area contributed by atoms with Crippen molar-refractivity contribution in [3.8, 4) is 11.5 Å². The lowest BCUT2D eigenvalue weighted by molar-refractivity contribution is 0.417. The molecule has 0 atom stereocenters. The molecule has 0 aliphatic rings. The van der Waals surface area contributed by atoms with Gasteiger partial charge in [0.05, 0.1) is 0 Å². The van der Waals surface area contributed by atoms with E-state index in [4.69, 9.17) is 14.7 Å². The van der Waals surface area contributed by atoms with Crippen molar-refractivity contribution in [1.29, 1.82) is 0 Å². The Balaban J connectivity index is 2.41. The lowest BCUT2D eigenvalue weighted by Gasteiger charge is -2.03. The number of hydrogen-bond donors (Lipinski definition) is 1. The fraction of sp³-hybridized carbons (Fsp3) is 0.364. The summed E-state index contributed by atoms with van der Waals surface area (Å²) in [5.41, 5.74) is 6.69. The van der Waals surface area contributed by atoms with Crippen LogP contribution in [0.4, 0.5) is 5.82 Å². The Morgan fingerprint density at radius 3 is 2.75 bits per heavy atom. The normalized spacial score (nSPS) is 11.2. The third kappa shape index (κ3) is 2.14. The van der Waals surface area contributed by atoms with E-state index in [-0.39, 0.29) is 0 Å². The van der Waals surface area contributed by atoms with E-state index in [9.17, 15) is 0 Å². The molecule has 2 aromatic rings. The minimum atomic E-state index is 0.441. The maximum atomic E-state index is 5.78. The number of hydrogen-bond acceptors (Lipinski definition) is 4. The van der Waals surface area contributed by atoms with E-state index in [2.05, 4.69) is 34.9 Å². The van der Waals surface area contributed by atoms with E-state index < -0.39 is 0 Å². The second kappa shape index (κ2) is 4.33. The van der Waals surface area contributed by atoms with Crippen LogP contribution in [-0.4, -0.2) is 5.16 Å². The van der Waals surface area contributed by atoms with Gasteiger partial charge in [0.25, 0.3) is 0 Å². The summed E-state index contributed by atoms with van der Waals surface area (Å²) in [7, 11) is 0. The fourth-order valence-electron chi connectivity index (χ4n) is 1.56. The van der Waals surface area contributed by atoms with Crippen molar-refractivity contribution in [1.82, 2.24) is 5.16 Å². The average Bonchev–Trinajstić information content (AvgIpc) is 2.75. The van der Waals surface area contributed by atoms with Gasteiger partial charge in [0, 0.05) is 5.56 Å². The number of halogens is 1. The topological polar surface area (TPSA) is 65.2 Å². The van der Waals surface area contributed by atoms with E-state index in [1.165, 1.54) is 0 Å². The third-order valence-electron chi connectivity index (χ3n) is 2.23. The highest BCUT2D eigenvalue weighted by Crippen LogP contribution is 2.32. The van der Waals surface area contributed by atoms with Crippen LogP contribution in [0.5, 0.6) is 0 Å². The van der Waals surface area contributed by atoms with Gasteiger partial charge < -0.3 is 14.7 Å². The van der Waals surface area contributed by atoms with Crippen molar-refractivity contribution in [2.45, 2.75) is 20.3 Å². The molecule has 0 aromatic carbocycles. The van der Waals surface area contributed by atoms with Crippen molar-refractivity contribution < 1.29 is 8.94 Å². The van der Waals surface area contributed by atoms with Crippen LogP contribution in [0.1, 0.15) is 19.4 Å². The smallest absolute Gasteiger partial charge is 0.207 e. The Morgan fingerprint density at radius 2 is 2.19 bits per heavy atom. The number of nitrogens with two attached hydrogens (primary N) is 1. The first-order valence-electron chi connectivity index (χ1n) is 5.07. The predicted octanol–water partition coefficient (Wildman–Crippen LogP) is 3.48. The number of furan rings is 1. The molecule has 2 aromatic heterocycles. The SMILES string of the molecule is CC(C)Cc1c(N)noc1-c1ccc(Br)o1. The Kier molecular flexibility index (Phi) is 3.05. The van der Waals surface area contributed by atoms with Gasteiger partial charge >= 0.3 is 0 Å². The van der Waals surface area contributed by atoms with Crippen LogP contribution in [0.15, 0.2) is 25.7 Å².